The minimum atomic E-state index is -0.602. The summed E-state index contributed by atoms with van der Waals surface area (Å²) in [6, 6.07) is 10.4. The molecular weight excluding hydrogens is 327 g/mol. The molecule has 0 aliphatic carbocycles. The van der Waals surface area contributed by atoms with Crippen molar-refractivity contribution in [3.63, 3.8) is 0 Å². The summed E-state index contributed by atoms with van der Waals surface area (Å²) in [5.41, 5.74) is 1.42. The number of urea groups is 1. The SMILES string of the molecule is COC(=O)c1c(NC(=O)NCc2ccc(F)cc2)nn2ccccc12. The summed E-state index contributed by atoms with van der Waals surface area (Å²) in [5, 5.41) is 9.34. The number of nitrogens with one attached hydrogen (secondary N) is 2. The Kier molecular flexibility index (Phi) is 4.60. The van der Waals surface area contributed by atoms with Crippen molar-refractivity contribution < 1.29 is 18.7 Å². The number of hydrogen-bond acceptors (Lipinski definition) is 4. The van der Waals surface area contributed by atoms with Crippen molar-refractivity contribution >= 4 is 23.3 Å². The van der Waals surface area contributed by atoms with Gasteiger partial charge in [0, 0.05) is 12.7 Å². The van der Waals surface area contributed by atoms with E-state index in [2.05, 4.69) is 15.7 Å². The second kappa shape index (κ2) is 7.00. The number of amides is 2. The van der Waals surface area contributed by atoms with Gasteiger partial charge >= 0.3 is 12.0 Å². The highest BCUT2D eigenvalue weighted by atomic mass is 19.1. The number of pyridine rings is 1. The van der Waals surface area contributed by atoms with Crippen LogP contribution in [0, 0.1) is 5.82 Å². The molecule has 0 saturated carbocycles. The number of rotatable bonds is 4. The number of halogens is 1. The van der Waals surface area contributed by atoms with Crippen molar-refractivity contribution in [3.8, 4) is 0 Å². The number of carbonyl (C=O) groups is 2. The fraction of sp³-hybridized carbons (Fsp3) is 0.118. The van der Waals surface area contributed by atoms with Crippen LogP contribution in [-0.4, -0.2) is 28.7 Å². The lowest BCUT2D eigenvalue weighted by Crippen LogP contribution is -2.29. The van der Waals surface area contributed by atoms with Crippen LogP contribution in [0.3, 0.4) is 0 Å². The Hall–Kier alpha value is -3.42. The van der Waals surface area contributed by atoms with Crippen molar-refractivity contribution in [1.82, 2.24) is 14.9 Å². The molecule has 3 rings (SSSR count). The molecule has 2 amide bonds. The van der Waals surface area contributed by atoms with Crippen LogP contribution in [0.25, 0.3) is 5.52 Å². The summed E-state index contributed by atoms with van der Waals surface area (Å²) in [7, 11) is 1.26. The quantitative estimate of drug-likeness (QED) is 0.714. The highest BCUT2D eigenvalue weighted by Crippen LogP contribution is 2.21. The third-order valence-corrected chi connectivity index (χ3v) is 3.53. The number of hydrogen-bond donors (Lipinski definition) is 2. The first-order chi connectivity index (χ1) is 12.1. The summed E-state index contributed by atoms with van der Waals surface area (Å²) in [5.74, 6) is -0.856. The lowest BCUT2D eigenvalue weighted by Gasteiger charge is -2.07. The maximum atomic E-state index is 12.9. The number of ether oxygens (including phenoxy) is 1. The normalized spacial score (nSPS) is 10.5. The van der Waals surface area contributed by atoms with Crippen molar-refractivity contribution in [2.75, 3.05) is 12.4 Å². The summed E-state index contributed by atoms with van der Waals surface area (Å²) in [4.78, 5) is 24.1. The van der Waals surface area contributed by atoms with E-state index in [4.69, 9.17) is 4.74 Å². The number of carbonyl (C=O) groups excluding carboxylic acids is 2. The topological polar surface area (TPSA) is 84.7 Å². The largest absolute Gasteiger partial charge is 0.465 e. The molecule has 0 radical (unpaired) electrons. The minimum absolute atomic E-state index is 0.0923. The van der Waals surface area contributed by atoms with Crippen molar-refractivity contribution in [3.05, 3.63) is 65.6 Å². The maximum Gasteiger partial charge on any atom is 0.343 e. The molecule has 0 atom stereocenters. The minimum Gasteiger partial charge on any atom is -0.465 e. The molecule has 7 nitrogen and oxygen atoms in total. The second-order valence-electron chi connectivity index (χ2n) is 5.18. The van der Waals surface area contributed by atoms with Crippen LogP contribution < -0.4 is 10.6 Å². The van der Waals surface area contributed by atoms with Crippen molar-refractivity contribution in [1.29, 1.82) is 0 Å². The fourth-order valence-corrected chi connectivity index (χ4v) is 2.33. The first kappa shape index (κ1) is 16.4. The van der Waals surface area contributed by atoms with Crippen molar-refractivity contribution in [2.24, 2.45) is 0 Å². The van der Waals surface area contributed by atoms with Gasteiger partial charge < -0.3 is 10.1 Å². The van der Waals surface area contributed by atoms with E-state index in [1.165, 1.54) is 23.8 Å². The van der Waals surface area contributed by atoms with Gasteiger partial charge in [-0.3, -0.25) is 5.32 Å². The smallest absolute Gasteiger partial charge is 0.343 e. The van der Waals surface area contributed by atoms with Gasteiger partial charge in [-0.1, -0.05) is 18.2 Å². The third-order valence-electron chi connectivity index (χ3n) is 3.53. The highest BCUT2D eigenvalue weighted by molar-refractivity contribution is 6.05. The van der Waals surface area contributed by atoms with Crippen LogP contribution >= 0.6 is 0 Å². The molecule has 0 unspecified atom stereocenters. The number of anilines is 1. The second-order valence-corrected chi connectivity index (χ2v) is 5.18. The molecule has 2 aromatic heterocycles. The molecule has 25 heavy (non-hydrogen) atoms. The van der Waals surface area contributed by atoms with Crippen LogP contribution in [0.2, 0.25) is 0 Å². The molecular formula is C17H15FN4O3. The monoisotopic (exact) mass is 342 g/mol. The van der Waals surface area contributed by atoms with Gasteiger partial charge in [0.15, 0.2) is 5.82 Å². The average molecular weight is 342 g/mol. The molecule has 3 aromatic rings. The Morgan fingerprint density at radius 2 is 1.96 bits per heavy atom. The first-order valence-electron chi connectivity index (χ1n) is 7.43. The Bertz CT molecular complexity index is 921. The van der Waals surface area contributed by atoms with Crippen LogP contribution in [-0.2, 0) is 11.3 Å². The summed E-state index contributed by atoms with van der Waals surface area (Å²) in [6.45, 7) is 0.201. The van der Waals surface area contributed by atoms with Gasteiger partial charge in [-0.05, 0) is 29.8 Å². The number of methoxy groups -OCH3 is 1. The van der Waals surface area contributed by atoms with Gasteiger partial charge in [0.2, 0.25) is 0 Å². The molecule has 0 aliphatic heterocycles. The van der Waals surface area contributed by atoms with E-state index in [9.17, 15) is 14.0 Å². The Morgan fingerprint density at radius 1 is 1.20 bits per heavy atom. The standard InChI is InChI=1S/C17H15FN4O3/c1-25-16(23)14-13-4-2-3-9-22(13)21-15(14)20-17(24)19-10-11-5-7-12(18)8-6-11/h2-9H,10H2,1H3,(H2,19,20,21,24). The molecule has 0 bridgehead atoms. The van der Waals surface area contributed by atoms with E-state index >= 15 is 0 Å². The fourth-order valence-electron chi connectivity index (χ4n) is 2.33. The number of benzene rings is 1. The number of aromatic nitrogens is 2. The predicted octanol–water partition coefficient (Wildman–Crippen LogP) is 2.58. The third kappa shape index (κ3) is 3.57. The lowest BCUT2D eigenvalue weighted by atomic mass is 10.2. The van der Waals surface area contributed by atoms with E-state index in [1.807, 2.05) is 0 Å². The predicted molar refractivity (Wildman–Crippen MR) is 88.8 cm³/mol. The molecule has 0 spiro atoms. The Balaban J connectivity index is 1.76. The molecule has 0 saturated heterocycles. The van der Waals surface area contributed by atoms with Gasteiger partial charge in [0.25, 0.3) is 0 Å². The number of fused-ring (bicyclic) bond motifs is 1. The van der Waals surface area contributed by atoms with E-state index in [0.29, 0.717) is 5.52 Å². The van der Waals surface area contributed by atoms with Crippen molar-refractivity contribution in [2.45, 2.75) is 6.54 Å². The zero-order valence-electron chi connectivity index (χ0n) is 13.3. The molecule has 0 fully saturated rings. The molecule has 0 aliphatic rings. The number of esters is 1. The summed E-state index contributed by atoms with van der Waals surface area (Å²) >= 11 is 0. The average Bonchev–Trinajstić information content (AvgIpc) is 2.98. The highest BCUT2D eigenvalue weighted by Gasteiger charge is 2.21. The Labute approximate surface area is 142 Å². The van der Waals surface area contributed by atoms with Gasteiger partial charge in [-0.15, -0.1) is 5.10 Å². The van der Waals surface area contributed by atoms with Crippen LogP contribution in [0.1, 0.15) is 15.9 Å². The van der Waals surface area contributed by atoms with E-state index in [0.717, 1.165) is 5.56 Å². The molecule has 1 aromatic carbocycles. The zero-order valence-corrected chi connectivity index (χ0v) is 13.3. The maximum absolute atomic E-state index is 12.9. The van der Waals surface area contributed by atoms with E-state index in [1.54, 1.807) is 36.5 Å². The van der Waals surface area contributed by atoms with Gasteiger partial charge in [-0.2, -0.15) is 0 Å². The molecule has 8 heteroatoms. The molecule has 128 valence electrons. The summed E-state index contributed by atoms with van der Waals surface area (Å²) in [6.07, 6.45) is 1.66. The first-order valence-corrected chi connectivity index (χ1v) is 7.43. The van der Waals surface area contributed by atoms with Gasteiger partial charge in [0.1, 0.15) is 11.4 Å². The zero-order chi connectivity index (χ0) is 17.8. The van der Waals surface area contributed by atoms with E-state index < -0.39 is 12.0 Å². The van der Waals surface area contributed by atoms with Crippen LogP contribution in [0.15, 0.2) is 48.7 Å². The van der Waals surface area contributed by atoms with Crippen LogP contribution in [0.4, 0.5) is 15.0 Å². The van der Waals surface area contributed by atoms with Gasteiger partial charge in [0.05, 0.1) is 12.6 Å². The number of nitrogens with zero attached hydrogens (tertiary/aromatic N) is 2. The van der Waals surface area contributed by atoms with Gasteiger partial charge in [-0.25, -0.2) is 18.5 Å². The molecule has 2 N–H and O–H groups in total. The van der Waals surface area contributed by atoms with Crippen LogP contribution in [0.5, 0.6) is 0 Å². The molecule has 2 heterocycles. The lowest BCUT2D eigenvalue weighted by molar-refractivity contribution is 0.0604. The summed E-state index contributed by atoms with van der Waals surface area (Å²) < 4.78 is 19.1. The van der Waals surface area contributed by atoms with E-state index in [-0.39, 0.29) is 23.7 Å². The Morgan fingerprint density at radius 3 is 2.68 bits per heavy atom.